The highest BCUT2D eigenvalue weighted by Crippen LogP contribution is 2.14. The van der Waals surface area contributed by atoms with Crippen LogP contribution in [0.3, 0.4) is 0 Å². The molecular formula is C12H14N2O2. The number of rotatable bonds is 4. The number of nitrogens with two attached hydrogens (primary N) is 1. The lowest BCUT2D eigenvalue weighted by molar-refractivity contribution is 0.287. The molecular weight excluding hydrogens is 204 g/mol. The first kappa shape index (κ1) is 10.7. The van der Waals surface area contributed by atoms with Gasteiger partial charge in [-0.1, -0.05) is 17.3 Å². The predicted octanol–water partition coefficient (Wildman–Crippen LogP) is 2.02. The Hall–Kier alpha value is -1.81. The van der Waals surface area contributed by atoms with Gasteiger partial charge in [0.2, 0.25) is 0 Å². The van der Waals surface area contributed by atoms with Gasteiger partial charge in [0.1, 0.15) is 23.8 Å². The summed E-state index contributed by atoms with van der Waals surface area (Å²) in [5, 5.41) is 3.85. The number of aryl methyl sites for hydroxylation is 1. The summed E-state index contributed by atoms with van der Waals surface area (Å²) >= 11 is 0. The van der Waals surface area contributed by atoms with Crippen LogP contribution in [-0.4, -0.2) is 5.16 Å². The van der Waals surface area contributed by atoms with E-state index in [0.717, 1.165) is 22.8 Å². The fraction of sp³-hybridized carbons (Fsp3) is 0.250. The lowest BCUT2D eigenvalue weighted by Gasteiger charge is -2.04. The molecule has 0 fully saturated rings. The van der Waals surface area contributed by atoms with Crippen molar-refractivity contribution in [2.75, 3.05) is 0 Å². The molecule has 84 valence electrons. The van der Waals surface area contributed by atoms with E-state index >= 15 is 0 Å². The summed E-state index contributed by atoms with van der Waals surface area (Å²) in [5.41, 5.74) is 7.38. The molecule has 0 spiro atoms. The molecule has 1 aromatic heterocycles. The van der Waals surface area contributed by atoms with Crippen molar-refractivity contribution in [2.24, 2.45) is 5.73 Å². The molecule has 0 unspecified atom stereocenters. The molecule has 2 aromatic rings. The van der Waals surface area contributed by atoms with Crippen LogP contribution in [0.2, 0.25) is 0 Å². The lowest BCUT2D eigenvalue weighted by Crippen LogP contribution is -1.98. The molecule has 4 heteroatoms. The smallest absolute Gasteiger partial charge is 0.134 e. The number of hydrogen-bond donors (Lipinski definition) is 1. The van der Waals surface area contributed by atoms with Crippen molar-refractivity contribution in [3.8, 4) is 5.75 Å². The van der Waals surface area contributed by atoms with Crippen molar-refractivity contribution in [1.29, 1.82) is 0 Å². The molecule has 0 atom stereocenters. The van der Waals surface area contributed by atoms with E-state index in [1.165, 1.54) is 0 Å². The second-order valence-electron chi connectivity index (χ2n) is 3.57. The normalized spacial score (nSPS) is 10.4. The number of ether oxygens (including phenoxy) is 1. The van der Waals surface area contributed by atoms with Gasteiger partial charge in [-0.25, -0.2) is 0 Å². The molecule has 0 bridgehead atoms. The highest BCUT2D eigenvalue weighted by molar-refractivity contribution is 5.28. The van der Waals surface area contributed by atoms with Crippen molar-refractivity contribution in [1.82, 2.24) is 5.16 Å². The van der Waals surface area contributed by atoms with Crippen LogP contribution in [0.5, 0.6) is 5.75 Å². The van der Waals surface area contributed by atoms with Crippen molar-refractivity contribution >= 4 is 0 Å². The molecule has 0 aliphatic rings. The number of benzene rings is 1. The third-order valence-corrected chi connectivity index (χ3v) is 2.20. The maximum atomic E-state index is 5.57. The molecule has 2 rings (SSSR count). The van der Waals surface area contributed by atoms with Crippen LogP contribution in [-0.2, 0) is 13.2 Å². The van der Waals surface area contributed by atoms with Crippen LogP contribution in [0.15, 0.2) is 34.9 Å². The Morgan fingerprint density at radius 3 is 2.94 bits per heavy atom. The van der Waals surface area contributed by atoms with Crippen molar-refractivity contribution < 1.29 is 9.26 Å². The molecule has 0 aliphatic heterocycles. The number of nitrogens with zero attached hydrogens (tertiary/aromatic N) is 1. The molecule has 0 aliphatic carbocycles. The first-order valence-electron chi connectivity index (χ1n) is 5.12. The fourth-order valence-corrected chi connectivity index (χ4v) is 1.41. The fourth-order valence-electron chi connectivity index (χ4n) is 1.41. The minimum absolute atomic E-state index is 0.408. The maximum absolute atomic E-state index is 5.57. The van der Waals surface area contributed by atoms with Crippen molar-refractivity contribution in [3.63, 3.8) is 0 Å². The van der Waals surface area contributed by atoms with Crippen LogP contribution < -0.4 is 10.5 Å². The van der Waals surface area contributed by atoms with Crippen LogP contribution in [0.4, 0.5) is 0 Å². The summed E-state index contributed by atoms with van der Waals surface area (Å²) in [5.74, 6) is 1.58. The third-order valence-electron chi connectivity index (χ3n) is 2.20. The first-order chi connectivity index (χ1) is 7.78. The lowest BCUT2D eigenvalue weighted by atomic mass is 10.2. The van der Waals surface area contributed by atoms with Gasteiger partial charge in [-0.05, 0) is 24.6 Å². The second kappa shape index (κ2) is 4.81. The molecule has 0 saturated carbocycles. The molecule has 16 heavy (non-hydrogen) atoms. The van der Waals surface area contributed by atoms with Gasteiger partial charge in [0.15, 0.2) is 0 Å². The van der Waals surface area contributed by atoms with E-state index in [9.17, 15) is 0 Å². The van der Waals surface area contributed by atoms with Gasteiger partial charge in [-0.2, -0.15) is 0 Å². The summed E-state index contributed by atoms with van der Waals surface area (Å²) in [6.07, 6.45) is 0. The van der Waals surface area contributed by atoms with Gasteiger partial charge < -0.3 is 15.0 Å². The van der Waals surface area contributed by atoms with E-state index in [4.69, 9.17) is 15.0 Å². The molecule has 0 amide bonds. The van der Waals surface area contributed by atoms with E-state index in [-0.39, 0.29) is 0 Å². The summed E-state index contributed by atoms with van der Waals surface area (Å²) in [6.45, 7) is 2.77. The zero-order valence-corrected chi connectivity index (χ0v) is 9.14. The van der Waals surface area contributed by atoms with Crippen LogP contribution in [0, 0.1) is 6.92 Å². The molecule has 2 N–H and O–H groups in total. The topological polar surface area (TPSA) is 61.3 Å². The molecule has 4 nitrogen and oxygen atoms in total. The third kappa shape index (κ3) is 2.61. The predicted molar refractivity (Wildman–Crippen MR) is 59.9 cm³/mol. The van der Waals surface area contributed by atoms with Gasteiger partial charge in [-0.3, -0.25) is 0 Å². The van der Waals surface area contributed by atoms with E-state index in [2.05, 4.69) is 5.16 Å². The standard InChI is InChI=1S/C12H14N2O2/c1-9-5-11(14-16-9)8-15-12-4-2-3-10(6-12)7-13/h2-6H,7-8,13H2,1H3. The molecule has 1 aromatic carbocycles. The zero-order valence-electron chi connectivity index (χ0n) is 9.14. The highest BCUT2D eigenvalue weighted by Gasteiger charge is 2.01. The van der Waals surface area contributed by atoms with Gasteiger partial charge in [0, 0.05) is 12.6 Å². The van der Waals surface area contributed by atoms with Gasteiger partial charge in [0.05, 0.1) is 0 Å². The number of aromatic nitrogens is 1. The van der Waals surface area contributed by atoms with Crippen molar-refractivity contribution in [3.05, 3.63) is 47.3 Å². The van der Waals surface area contributed by atoms with Gasteiger partial charge in [-0.15, -0.1) is 0 Å². The Morgan fingerprint density at radius 2 is 2.25 bits per heavy atom. The molecule has 0 saturated heterocycles. The van der Waals surface area contributed by atoms with E-state index in [1.807, 2.05) is 37.3 Å². The van der Waals surface area contributed by atoms with Gasteiger partial charge >= 0.3 is 0 Å². The highest BCUT2D eigenvalue weighted by atomic mass is 16.5. The van der Waals surface area contributed by atoms with E-state index in [1.54, 1.807) is 0 Å². The summed E-state index contributed by atoms with van der Waals surface area (Å²) in [7, 11) is 0. The van der Waals surface area contributed by atoms with Crippen molar-refractivity contribution in [2.45, 2.75) is 20.1 Å². The summed E-state index contributed by atoms with van der Waals surface area (Å²) < 4.78 is 10.5. The van der Waals surface area contributed by atoms with E-state index in [0.29, 0.717) is 13.2 Å². The monoisotopic (exact) mass is 218 g/mol. The SMILES string of the molecule is Cc1cc(COc2cccc(CN)c2)no1. The quantitative estimate of drug-likeness (QED) is 0.852. The Bertz CT molecular complexity index is 466. The Labute approximate surface area is 94.0 Å². The average molecular weight is 218 g/mol. The minimum Gasteiger partial charge on any atom is -0.487 e. The van der Waals surface area contributed by atoms with E-state index < -0.39 is 0 Å². The Morgan fingerprint density at radius 1 is 1.38 bits per heavy atom. The zero-order chi connectivity index (χ0) is 11.4. The number of hydrogen-bond acceptors (Lipinski definition) is 4. The van der Waals surface area contributed by atoms with Crippen LogP contribution >= 0.6 is 0 Å². The largest absolute Gasteiger partial charge is 0.487 e. The second-order valence-corrected chi connectivity index (χ2v) is 3.57. The van der Waals surface area contributed by atoms with Crippen LogP contribution in [0.25, 0.3) is 0 Å². The summed E-state index contributed by atoms with van der Waals surface area (Å²) in [6, 6.07) is 9.56. The van der Waals surface area contributed by atoms with Gasteiger partial charge in [0.25, 0.3) is 0 Å². The molecule has 1 heterocycles. The molecule has 0 radical (unpaired) electrons. The Kier molecular flexibility index (Phi) is 3.22. The maximum Gasteiger partial charge on any atom is 0.134 e. The summed E-state index contributed by atoms with van der Waals surface area (Å²) in [4.78, 5) is 0. The van der Waals surface area contributed by atoms with Crippen LogP contribution in [0.1, 0.15) is 17.0 Å². The minimum atomic E-state index is 0.408. The Balaban J connectivity index is 1.99. The average Bonchev–Trinajstić information content (AvgIpc) is 2.73. The first-order valence-corrected chi connectivity index (χ1v) is 5.12.